The molecule has 1 aliphatic carbocycles. The number of nitrogens with zero attached hydrogens (tertiary/aromatic N) is 1. The topological polar surface area (TPSA) is 96.5 Å². The number of H-pyrrole nitrogens is 1. The largest absolute Gasteiger partial charge is 0.456 e. The highest BCUT2D eigenvalue weighted by Gasteiger charge is 2.48. The van der Waals surface area contributed by atoms with Crippen molar-refractivity contribution >= 4 is 34.5 Å². The van der Waals surface area contributed by atoms with Gasteiger partial charge in [-0.05, 0) is 24.8 Å². The molecular weight excluding hydrogens is 372 g/mol. The first kappa shape index (κ1) is 19.4. The number of ether oxygens (including phenoxy) is 1. The molecule has 1 aromatic heterocycles. The average Bonchev–Trinajstić information content (AvgIpc) is 3.28. The lowest BCUT2D eigenvalue weighted by molar-refractivity contribution is -0.152. The minimum absolute atomic E-state index is 0.285. The van der Waals surface area contributed by atoms with Gasteiger partial charge in [0.15, 0.2) is 6.61 Å². The van der Waals surface area contributed by atoms with Crippen LogP contribution in [0.25, 0.3) is 10.9 Å². The number of Topliss-reactive ketones (excluding diaryl/α,β-unsaturated/α-hetero) is 1. The molecule has 0 radical (unpaired) electrons. The van der Waals surface area contributed by atoms with Crippen molar-refractivity contribution in [1.29, 1.82) is 0 Å². The number of benzene rings is 1. The third kappa shape index (κ3) is 3.45. The van der Waals surface area contributed by atoms with Crippen LogP contribution in [-0.4, -0.2) is 46.6 Å². The molecule has 1 aliphatic heterocycles. The number of esters is 1. The SMILES string of the molecule is CCc1cccc2c(C(=O)COC(=O)CN3C(=O)[C@@H]4CCCC[C@H]4C3=O)c[nH]c12. The van der Waals surface area contributed by atoms with Gasteiger partial charge in [-0.3, -0.25) is 24.1 Å². The van der Waals surface area contributed by atoms with Crippen LogP contribution in [0.2, 0.25) is 0 Å². The van der Waals surface area contributed by atoms with Crippen LogP contribution in [0.15, 0.2) is 24.4 Å². The molecule has 2 fully saturated rings. The Labute approximate surface area is 168 Å². The Morgan fingerprint density at radius 1 is 1.14 bits per heavy atom. The van der Waals surface area contributed by atoms with Crippen molar-refractivity contribution in [2.45, 2.75) is 39.0 Å². The smallest absolute Gasteiger partial charge is 0.326 e. The molecule has 2 amide bonds. The number of hydrogen-bond donors (Lipinski definition) is 1. The normalized spacial score (nSPS) is 21.5. The van der Waals surface area contributed by atoms with Gasteiger partial charge in [-0.15, -0.1) is 0 Å². The maximum absolute atomic E-state index is 12.6. The minimum atomic E-state index is -0.743. The maximum atomic E-state index is 12.6. The zero-order valence-electron chi connectivity index (χ0n) is 16.4. The molecule has 0 bridgehead atoms. The maximum Gasteiger partial charge on any atom is 0.326 e. The first-order valence-electron chi connectivity index (χ1n) is 10.1. The first-order chi connectivity index (χ1) is 14.0. The van der Waals surface area contributed by atoms with E-state index >= 15 is 0 Å². The van der Waals surface area contributed by atoms with E-state index in [2.05, 4.69) is 4.98 Å². The molecule has 7 heteroatoms. The fourth-order valence-corrected chi connectivity index (χ4v) is 4.53. The fraction of sp³-hybridized carbons (Fsp3) is 0.455. The van der Waals surface area contributed by atoms with E-state index in [0.29, 0.717) is 18.4 Å². The second-order valence-corrected chi connectivity index (χ2v) is 7.74. The zero-order valence-corrected chi connectivity index (χ0v) is 16.4. The van der Waals surface area contributed by atoms with Crippen molar-refractivity contribution < 1.29 is 23.9 Å². The standard InChI is InChI=1S/C22H24N2O5/c1-2-13-6-5-9-14-17(10-23-20(13)14)18(25)12-29-19(26)11-24-21(27)15-7-3-4-8-16(15)22(24)28/h5-6,9-10,15-16,23H,2-4,7-8,11-12H2,1H3/t15-,16-/m1/s1. The number of hydrogen-bond acceptors (Lipinski definition) is 5. The molecule has 1 aromatic carbocycles. The number of aromatic amines is 1. The van der Waals surface area contributed by atoms with Crippen LogP contribution in [-0.2, 0) is 25.5 Å². The molecule has 7 nitrogen and oxygen atoms in total. The number of aromatic nitrogens is 1. The number of ketones is 1. The van der Waals surface area contributed by atoms with E-state index in [1.165, 1.54) is 0 Å². The third-order valence-corrected chi connectivity index (χ3v) is 6.07. The van der Waals surface area contributed by atoms with Crippen LogP contribution in [0, 0.1) is 11.8 Å². The van der Waals surface area contributed by atoms with Crippen molar-refractivity contribution in [3.8, 4) is 0 Å². The molecule has 0 unspecified atom stereocenters. The molecule has 2 aromatic rings. The molecule has 2 atom stereocenters. The monoisotopic (exact) mass is 396 g/mol. The number of carbonyl (C=O) groups excluding carboxylic acids is 4. The summed E-state index contributed by atoms with van der Waals surface area (Å²) in [6, 6.07) is 5.74. The van der Waals surface area contributed by atoms with Crippen LogP contribution < -0.4 is 0 Å². The molecule has 1 saturated heterocycles. The van der Waals surface area contributed by atoms with Gasteiger partial charge in [-0.2, -0.15) is 0 Å². The predicted molar refractivity (Wildman–Crippen MR) is 105 cm³/mol. The summed E-state index contributed by atoms with van der Waals surface area (Å²) in [5.41, 5.74) is 2.47. The molecule has 2 aliphatic rings. The number of carbonyl (C=O) groups is 4. The number of imide groups is 1. The Hall–Kier alpha value is -2.96. The second-order valence-electron chi connectivity index (χ2n) is 7.74. The number of aryl methyl sites for hydroxylation is 1. The lowest BCUT2D eigenvalue weighted by Crippen LogP contribution is -2.37. The van der Waals surface area contributed by atoms with Crippen LogP contribution >= 0.6 is 0 Å². The highest BCUT2D eigenvalue weighted by Crippen LogP contribution is 2.37. The van der Waals surface area contributed by atoms with Gasteiger partial charge in [0.2, 0.25) is 17.6 Å². The molecule has 29 heavy (non-hydrogen) atoms. The Kier molecular flexibility index (Phi) is 5.22. The van der Waals surface area contributed by atoms with Crippen molar-refractivity contribution in [3.05, 3.63) is 35.5 Å². The molecule has 152 valence electrons. The van der Waals surface area contributed by atoms with E-state index in [1.54, 1.807) is 6.20 Å². The van der Waals surface area contributed by atoms with Gasteiger partial charge in [0.1, 0.15) is 6.54 Å². The van der Waals surface area contributed by atoms with Gasteiger partial charge in [0, 0.05) is 22.7 Å². The van der Waals surface area contributed by atoms with Crippen molar-refractivity contribution in [1.82, 2.24) is 9.88 Å². The van der Waals surface area contributed by atoms with Crippen LogP contribution in [0.3, 0.4) is 0 Å². The molecular formula is C22H24N2O5. The molecule has 1 saturated carbocycles. The minimum Gasteiger partial charge on any atom is -0.456 e. The third-order valence-electron chi connectivity index (χ3n) is 6.07. The summed E-state index contributed by atoms with van der Waals surface area (Å²) in [7, 11) is 0. The van der Waals surface area contributed by atoms with E-state index in [-0.39, 0.29) is 29.4 Å². The highest BCUT2D eigenvalue weighted by molar-refractivity contribution is 6.10. The summed E-state index contributed by atoms with van der Waals surface area (Å²) in [6.07, 6.45) is 5.70. The van der Waals surface area contributed by atoms with E-state index in [4.69, 9.17) is 4.74 Å². The van der Waals surface area contributed by atoms with E-state index < -0.39 is 19.1 Å². The van der Waals surface area contributed by atoms with Gasteiger partial charge < -0.3 is 9.72 Å². The zero-order chi connectivity index (χ0) is 20.5. The quantitative estimate of drug-likeness (QED) is 0.460. The van der Waals surface area contributed by atoms with Gasteiger partial charge in [-0.25, -0.2) is 0 Å². The highest BCUT2D eigenvalue weighted by atomic mass is 16.5. The summed E-state index contributed by atoms with van der Waals surface area (Å²) < 4.78 is 5.10. The number of rotatable bonds is 6. The number of fused-ring (bicyclic) bond motifs is 2. The van der Waals surface area contributed by atoms with Gasteiger partial charge in [0.05, 0.1) is 11.8 Å². The number of likely N-dealkylation sites (tertiary alicyclic amines) is 1. The predicted octanol–water partition coefficient (Wildman–Crippen LogP) is 2.63. The Balaban J connectivity index is 1.38. The average molecular weight is 396 g/mol. The van der Waals surface area contributed by atoms with Crippen LogP contribution in [0.4, 0.5) is 0 Å². The molecule has 2 heterocycles. The van der Waals surface area contributed by atoms with E-state index in [9.17, 15) is 19.2 Å². The van der Waals surface area contributed by atoms with Gasteiger partial charge >= 0.3 is 5.97 Å². The Bertz CT molecular complexity index is 968. The van der Waals surface area contributed by atoms with Crippen molar-refractivity contribution in [2.24, 2.45) is 11.8 Å². The Morgan fingerprint density at radius 3 is 2.48 bits per heavy atom. The summed E-state index contributed by atoms with van der Waals surface area (Å²) in [6.45, 7) is 1.19. The number of para-hydroxylation sites is 1. The lowest BCUT2D eigenvalue weighted by atomic mass is 9.81. The molecule has 1 N–H and O–H groups in total. The second kappa shape index (κ2) is 7.81. The summed E-state index contributed by atoms with van der Waals surface area (Å²) >= 11 is 0. The van der Waals surface area contributed by atoms with Crippen molar-refractivity contribution in [2.75, 3.05) is 13.2 Å². The first-order valence-corrected chi connectivity index (χ1v) is 10.1. The summed E-state index contributed by atoms with van der Waals surface area (Å²) in [5, 5.41) is 0.791. The van der Waals surface area contributed by atoms with Crippen LogP contribution in [0.5, 0.6) is 0 Å². The van der Waals surface area contributed by atoms with Crippen LogP contribution in [0.1, 0.15) is 48.5 Å². The van der Waals surface area contributed by atoms with Crippen molar-refractivity contribution in [3.63, 3.8) is 0 Å². The molecule has 0 spiro atoms. The molecule has 4 rings (SSSR count). The fourth-order valence-electron chi connectivity index (χ4n) is 4.53. The summed E-state index contributed by atoms with van der Waals surface area (Å²) in [5.74, 6) is -2.24. The number of amides is 2. The summed E-state index contributed by atoms with van der Waals surface area (Å²) in [4.78, 5) is 53.8. The number of nitrogens with one attached hydrogen (secondary N) is 1. The van der Waals surface area contributed by atoms with E-state index in [0.717, 1.165) is 40.6 Å². The Morgan fingerprint density at radius 2 is 1.83 bits per heavy atom. The lowest BCUT2D eigenvalue weighted by Gasteiger charge is -2.19. The van der Waals surface area contributed by atoms with Gasteiger partial charge in [-0.1, -0.05) is 38.0 Å². The van der Waals surface area contributed by atoms with E-state index in [1.807, 2.05) is 25.1 Å². The van der Waals surface area contributed by atoms with Gasteiger partial charge in [0.25, 0.3) is 0 Å².